The van der Waals surface area contributed by atoms with Crippen molar-refractivity contribution in [1.82, 2.24) is 0 Å². The fourth-order valence-electron chi connectivity index (χ4n) is 1.59. The molecular formula is C13H8F3IO. The summed E-state index contributed by atoms with van der Waals surface area (Å²) in [6, 6.07) is 7.06. The third-order valence-electron chi connectivity index (χ3n) is 2.52. The molecule has 1 N–H and O–H groups in total. The molecule has 0 aromatic heterocycles. The summed E-state index contributed by atoms with van der Waals surface area (Å²) in [5.41, 5.74) is 0.668. The second kappa shape index (κ2) is 5.27. The molecule has 0 radical (unpaired) electrons. The van der Waals surface area contributed by atoms with Gasteiger partial charge in [-0.2, -0.15) is 0 Å². The van der Waals surface area contributed by atoms with Crippen molar-refractivity contribution in [2.45, 2.75) is 6.10 Å². The molecular weight excluding hydrogens is 356 g/mol. The molecule has 94 valence electrons. The summed E-state index contributed by atoms with van der Waals surface area (Å²) in [7, 11) is 0. The molecule has 0 saturated carbocycles. The summed E-state index contributed by atoms with van der Waals surface area (Å²) in [4.78, 5) is 0. The predicted molar refractivity (Wildman–Crippen MR) is 69.5 cm³/mol. The summed E-state index contributed by atoms with van der Waals surface area (Å²) in [5, 5.41) is 10.1. The summed E-state index contributed by atoms with van der Waals surface area (Å²) in [5.74, 6) is -2.41. The second-order valence-electron chi connectivity index (χ2n) is 3.74. The third-order valence-corrected chi connectivity index (χ3v) is 3.45. The number of aliphatic hydroxyl groups excluding tert-OH is 1. The highest BCUT2D eigenvalue weighted by Gasteiger charge is 2.16. The molecule has 1 nitrogen and oxygen atoms in total. The van der Waals surface area contributed by atoms with Crippen molar-refractivity contribution < 1.29 is 18.3 Å². The zero-order chi connectivity index (χ0) is 13.3. The molecule has 1 unspecified atom stereocenters. The second-order valence-corrected chi connectivity index (χ2v) is 4.90. The largest absolute Gasteiger partial charge is 0.384 e. The van der Waals surface area contributed by atoms with Crippen molar-refractivity contribution in [2.75, 3.05) is 0 Å². The number of rotatable bonds is 2. The highest BCUT2D eigenvalue weighted by Crippen LogP contribution is 2.27. The van der Waals surface area contributed by atoms with Gasteiger partial charge in [-0.1, -0.05) is 12.1 Å². The van der Waals surface area contributed by atoms with Gasteiger partial charge in [-0.15, -0.1) is 0 Å². The van der Waals surface area contributed by atoms with Crippen LogP contribution in [0.4, 0.5) is 13.2 Å². The third kappa shape index (κ3) is 2.67. The van der Waals surface area contributed by atoms with Crippen molar-refractivity contribution in [2.24, 2.45) is 0 Å². The lowest BCUT2D eigenvalue weighted by Gasteiger charge is -2.13. The normalized spacial score (nSPS) is 12.5. The number of hydrogen-bond acceptors (Lipinski definition) is 1. The maximum absolute atomic E-state index is 13.1. The van der Waals surface area contributed by atoms with E-state index < -0.39 is 23.6 Å². The molecule has 2 rings (SSSR count). The van der Waals surface area contributed by atoms with E-state index in [1.807, 2.05) is 22.6 Å². The molecule has 0 heterocycles. The van der Waals surface area contributed by atoms with Crippen molar-refractivity contribution in [3.8, 4) is 0 Å². The van der Waals surface area contributed by atoms with Gasteiger partial charge in [0.25, 0.3) is 0 Å². The SMILES string of the molecule is OC(c1ccc(F)c(F)c1)c1ccc(F)cc1I. The Balaban J connectivity index is 2.41. The lowest BCUT2D eigenvalue weighted by molar-refractivity contribution is 0.218. The Labute approximate surface area is 115 Å². The van der Waals surface area contributed by atoms with Gasteiger partial charge in [-0.25, -0.2) is 13.2 Å². The van der Waals surface area contributed by atoms with Gasteiger partial charge in [0.1, 0.15) is 11.9 Å². The first-order chi connectivity index (χ1) is 8.49. The Kier molecular flexibility index (Phi) is 3.91. The zero-order valence-corrected chi connectivity index (χ0v) is 11.2. The van der Waals surface area contributed by atoms with Crippen LogP contribution < -0.4 is 0 Å². The van der Waals surface area contributed by atoms with E-state index in [-0.39, 0.29) is 5.56 Å². The Hall–Kier alpha value is -1.08. The van der Waals surface area contributed by atoms with Crippen LogP contribution in [0.15, 0.2) is 36.4 Å². The monoisotopic (exact) mass is 364 g/mol. The summed E-state index contributed by atoms with van der Waals surface area (Å²) in [6.07, 6.45) is -1.12. The molecule has 1 atom stereocenters. The van der Waals surface area contributed by atoms with Crippen LogP contribution in [0.5, 0.6) is 0 Å². The smallest absolute Gasteiger partial charge is 0.159 e. The fourth-order valence-corrected chi connectivity index (χ4v) is 2.36. The van der Waals surface area contributed by atoms with E-state index in [1.165, 1.54) is 24.3 Å². The molecule has 0 aliphatic heterocycles. The first-order valence-corrected chi connectivity index (χ1v) is 6.15. The van der Waals surface area contributed by atoms with Crippen LogP contribution >= 0.6 is 22.6 Å². The molecule has 5 heteroatoms. The number of benzene rings is 2. The van der Waals surface area contributed by atoms with E-state index in [9.17, 15) is 18.3 Å². The Bertz CT molecular complexity index is 586. The van der Waals surface area contributed by atoms with Gasteiger partial charge in [0, 0.05) is 3.57 Å². The highest BCUT2D eigenvalue weighted by atomic mass is 127. The van der Waals surface area contributed by atoms with E-state index in [2.05, 4.69) is 0 Å². The molecule has 18 heavy (non-hydrogen) atoms. The Morgan fingerprint density at radius 1 is 0.944 bits per heavy atom. The molecule has 0 bridgehead atoms. The molecule has 0 aliphatic rings. The van der Waals surface area contributed by atoms with E-state index in [0.29, 0.717) is 9.13 Å². The van der Waals surface area contributed by atoms with Crippen LogP contribution in [-0.2, 0) is 0 Å². The highest BCUT2D eigenvalue weighted by molar-refractivity contribution is 14.1. The van der Waals surface area contributed by atoms with Crippen LogP contribution in [0.2, 0.25) is 0 Å². The standard InChI is InChI=1S/C13H8F3IO/c14-8-2-3-9(12(17)6-8)13(18)7-1-4-10(15)11(16)5-7/h1-6,13,18H. The van der Waals surface area contributed by atoms with Crippen molar-refractivity contribution in [3.05, 3.63) is 68.5 Å². The van der Waals surface area contributed by atoms with Gasteiger partial charge in [-0.05, 0) is 58.0 Å². The van der Waals surface area contributed by atoms with Crippen LogP contribution in [0.3, 0.4) is 0 Å². The van der Waals surface area contributed by atoms with Gasteiger partial charge >= 0.3 is 0 Å². The molecule has 0 spiro atoms. The summed E-state index contributed by atoms with van der Waals surface area (Å²) in [6.45, 7) is 0. The maximum Gasteiger partial charge on any atom is 0.159 e. The maximum atomic E-state index is 13.1. The minimum atomic E-state index is -1.12. The summed E-state index contributed by atoms with van der Waals surface area (Å²) < 4.78 is 39.3. The Morgan fingerprint density at radius 2 is 1.67 bits per heavy atom. The van der Waals surface area contributed by atoms with Gasteiger partial charge in [0.05, 0.1) is 0 Å². The van der Waals surface area contributed by atoms with E-state index in [1.54, 1.807) is 0 Å². The van der Waals surface area contributed by atoms with Crippen LogP contribution in [0.25, 0.3) is 0 Å². The molecule has 2 aromatic rings. The first-order valence-electron chi connectivity index (χ1n) is 5.07. The van der Waals surface area contributed by atoms with Crippen molar-refractivity contribution in [3.63, 3.8) is 0 Å². The van der Waals surface area contributed by atoms with Crippen molar-refractivity contribution in [1.29, 1.82) is 0 Å². The van der Waals surface area contributed by atoms with Crippen molar-refractivity contribution >= 4 is 22.6 Å². The minimum Gasteiger partial charge on any atom is -0.384 e. The van der Waals surface area contributed by atoms with E-state index >= 15 is 0 Å². The van der Waals surface area contributed by atoms with Gasteiger partial charge < -0.3 is 5.11 Å². The molecule has 0 aliphatic carbocycles. The minimum absolute atomic E-state index is 0.221. The lowest BCUT2D eigenvalue weighted by atomic mass is 10.0. The molecule has 2 aromatic carbocycles. The summed E-state index contributed by atoms with van der Waals surface area (Å²) >= 11 is 1.88. The number of halogens is 4. The number of aliphatic hydroxyl groups is 1. The average Bonchev–Trinajstić information content (AvgIpc) is 2.32. The number of hydrogen-bond donors (Lipinski definition) is 1. The van der Waals surface area contributed by atoms with E-state index in [0.717, 1.165) is 12.1 Å². The van der Waals surface area contributed by atoms with Crippen LogP contribution in [0.1, 0.15) is 17.2 Å². The molecule has 0 amide bonds. The van der Waals surface area contributed by atoms with Crippen LogP contribution in [0, 0.1) is 21.0 Å². The first kappa shape index (κ1) is 13.4. The zero-order valence-electron chi connectivity index (χ0n) is 9.00. The Morgan fingerprint density at radius 3 is 2.28 bits per heavy atom. The predicted octanol–water partition coefficient (Wildman–Crippen LogP) is 3.79. The topological polar surface area (TPSA) is 20.2 Å². The molecule has 0 fully saturated rings. The lowest BCUT2D eigenvalue weighted by Crippen LogP contribution is -2.03. The quantitative estimate of drug-likeness (QED) is 0.805. The van der Waals surface area contributed by atoms with Gasteiger partial charge in [0.2, 0.25) is 0 Å². The van der Waals surface area contributed by atoms with Gasteiger partial charge in [-0.3, -0.25) is 0 Å². The average molecular weight is 364 g/mol. The molecule has 0 saturated heterocycles. The fraction of sp³-hybridized carbons (Fsp3) is 0.0769. The van der Waals surface area contributed by atoms with Gasteiger partial charge in [0.15, 0.2) is 11.6 Å². The van der Waals surface area contributed by atoms with E-state index in [4.69, 9.17) is 0 Å². The van der Waals surface area contributed by atoms with Crippen LogP contribution in [-0.4, -0.2) is 5.11 Å².